The van der Waals surface area contributed by atoms with E-state index in [2.05, 4.69) is 55.5 Å². The lowest BCUT2D eigenvalue weighted by Gasteiger charge is -2.14. The quantitative estimate of drug-likeness (QED) is 0.850. The molecule has 1 aromatic heterocycles. The molecule has 0 radical (unpaired) electrons. The molecule has 21 heavy (non-hydrogen) atoms. The summed E-state index contributed by atoms with van der Waals surface area (Å²) in [6.45, 7) is 8.56. The molecule has 4 nitrogen and oxygen atoms in total. The second-order valence-electron chi connectivity index (χ2n) is 5.18. The van der Waals surface area contributed by atoms with E-state index in [1.54, 1.807) is 0 Å². The summed E-state index contributed by atoms with van der Waals surface area (Å²) < 4.78 is 8.13. The van der Waals surface area contributed by atoms with Crippen molar-refractivity contribution in [2.75, 3.05) is 7.05 Å². The van der Waals surface area contributed by atoms with Gasteiger partial charge in [0.15, 0.2) is 0 Å². The Kier molecular flexibility index (Phi) is 5.39. The molecule has 0 spiro atoms. The zero-order chi connectivity index (χ0) is 15.2. The zero-order valence-electron chi connectivity index (χ0n) is 13.4. The smallest absolute Gasteiger partial charge is 0.130 e. The SMILES string of the molecule is CCc1cc(COc2c(C)cccc2CNC)n(CC)n1. The van der Waals surface area contributed by atoms with Crippen LogP contribution in [-0.4, -0.2) is 16.8 Å². The highest BCUT2D eigenvalue weighted by Gasteiger charge is 2.10. The molecule has 1 aromatic carbocycles. The summed E-state index contributed by atoms with van der Waals surface area (Å²) in [6.07, 6.45) is 0.954. The van der Waals surface area contributed by atoms with Crippen LogP contribution in [0.3, 0.4) is 0 Å². The van der Waals surface area contributed by atoms with Crippen LogP contribution in [0.15, 0.2) is 24.3 Å². The molecule has 1 heterocycles. The van der Waals surface area contributed by atoms with Crippen molar-refractivity contribution in [2.24, 2.45) is 0 Å². The van der Waals surface area contributed by atoms with E-state index < -0.39 is 0 Å². The van der Waals surface area contributed by atoms with E-state index in [0.29, 0.717) is 6.61 Å². The fourth-order valence-electron chi connectivity index (χ4n) is 2.47. The monoisotopic (exact) mass is 287 g/mol. The van der Waals surface area contributed by atoms with E-state index in [-0.39, 0.29) is 0 Å². The number of nitrogens with zero attached hydrogens (tertiary/aromatic N) is 2. The number of hydrogen-bond donors (Lipinski definition) is 1. The predicted octanol–water partition coefficient (Wildman–Crippen LogP) is 3.07. The summed E-state index contributed by atoms with van der Waals surface area (Å²) in [6, 6.07) is 8.40. The molecule has 114 valence electrons. The number of ether oxygens (including phenoxy) is 1. The molecule has 0 bridgehead atoms. The maximum absolute atomic E-state index is 6.11. The average molecular weight is 287 g/mol. The molecular weight excluding hydrogens is 262 g/mol. The molecule has 0 aliphatic carbocycles. The topological polar surface area (TPSA) is 39.1 Å². The van der Waals surface area contributed by atoms with Gasteiger partial charge in [-0.1, -0.05) is 25.1 Å². The van der Waals surface area contributed by atoms with Crippen molar-refractivity contribution in [3.8, 4) is 5.75 Å². The number of aryl methyl sites for hydroxylation is 3. The first-order chi connectivity index (χ1) is 10.2. The van der Waals surface area contributed by atoms with E-state index >= 15 is 0 Å². The molecule has 1 N–H and O–H groups in total. The lowest BCUT2D eigenvalue weighted by molar-refractivity contribution is 0.287. The van der Waals surface area contributed by atoms with Crippen LogP contribution in [-0.2, 0) is 26.1 Å². The summed E-state index contributed by atoms with van der Waals surface area (Å²) in [5.74, 6) is 0.980. The van der Waals surface area contributed by atoms with Gasteiger partial charge in [0.2, 0.25) is 0 Å². The Morgan fingerprint density at radius 2 is 2.10 bits per heavy atom. The van der Waals surface area contributed by atoms with Gasteiger partial charge in [-0.05, 0) is 38.9 Å². The van der Waals surface area contributed by atoms with Crippen molar-refractivity contribution in [1.29, 1.82) is 0 Å². The molecule has 0 fully saturated rings. The molecule has 0 saturated carbocycles. The van der Waals surface area contributed by atoms with Crippen LogP contribution in [0, 0.1) is 6.92 Å². The van der Waals surface area contributed by atoms with Gasteiger partial charge in [-0.25, -0.2) is 0 Å². The lowest BCUT2D eigenvalue weighted by atomic mass is 10.1. The summed E-state index contributed by atoms with van der Waals surface area (Å²) in [4.78, 5) is 0. The lowest BCUT2D eigenvalue weighted by Crippen LogP contribution is -2.10. The highest BCUT2D eigenvalue weighted by atomic mass is 16.5. The van der Waals surface area contributed by atoms with E-state index in [4.69, 9.17) is 4.74 Å². The molecule has 4 heteroatoms. The second kappa shape index (κ2) is 7.27. The Labute approximate surface area is 127 Å². The first-order valence-corrected chi connectivity index (χ1v) is 7.61. The second-order valence-corrected chi connectivity index (χ2v) is 5.18. The number of hydrogen-bond acceptors (Lipinski definition) is 3. The van der Waals surface area contributed by atoms with Gasteiger partial charge in [-0.3, -0.25) is 4.68 Å². The van der Waals surface area contributed by atoms with E-state index in [1.165, 1.54) is 11.1 Å². The van der Waals surface area contributed by atoms with Gasteiger partial charge in [0.1, 0.15) is 12.4 Å². The molecule has 0 amide bonds. The zero-order valence-corrected chi connectivity index (χ0v) is 13.4. The number of aromatic nitrogens is 2. The molecule has 2 aromatic rings. The summed E-state index contributed by atoms with van der Waals surface area (Å²) in [5, 5.41) is 7.75. The summed E-state index contributed by atoms with van der Waals surface area (Å²) >= 11 is 0. The molecule has 2 rings (SSSR count). The van der Waals surface area contributed by atoms with Crippen molar-refractivity contribution in [3.63, 3.8) is 0 Å². The number of rotatable bonds is 7. The third kappa shape index (κ3) is 3.64. The standard InChI is InChI=1S/C17H25N3O/c1-5-15-10-16(20(6-2)19-15)12-21-17-13(3)8-7-9-14(17)11-18-4/h7-10,18H,5-6,11-12H2,1-4H3. The van der Waals surface area contributed by atoms with Crippen molar-refractivity contribution in [2.45, 2.75) is 46.9 Å². The van der Waals surface area contributed by atoms with Crippen molar-refractivity contribution >= 4 is 0 Å². The summed E-state index contributed by atoms with van der Waals surface area (Å²) in [7, 11) is 1.95. The van der Waals surface area contributed by atoms with Crippen LogP contribution in [0.2, 0.25) is 0 Å². The Bertz CT molecular complexity index is 590. The maximum atomic E-state index is 6.11. The normalized spacial score (nSPS) is 10.9. The van der Waals surface area contributed by atoms with Gasteiger partial charge >= 0.3 is 0 Å². The van der Waals surface area contributed by atoms with Crippen molar-refractivity contribution in [1.82, 2.24) is 15.1 Å². The number of para-hydroxylation sites is 1. The van der Waals surface area contributed by atoms with Gasteiger partial charge in [0.25, 0.3) is 0 Å². The third-order valence-electron chi connectivity index (χ3n) is 3.60. The first kappa shape index (κ1) is 15.6. The van der Waals surface area contributed by atoms with Crippen LogP contribution >= 0.6 is 0 Å². The van der Waals surface area contributed by atoms with Gasteiger partial charge < -0.3 is 10.1 Å². The molecular formula is C17H25N3O. The highest BCUT2D eigenvalue weighted by Crippen LogP contribution is 2.24. The van der Waals surface area contributed by atoms with Gasteiger partial charge in [0.05, 0.1) is 11.4 Å². The van der Waals surface area contributed by atoms with Crippen LogP contribution in [0.1, 0.15) is 36.4 Å². The minimum absolute atomic E-state index is 0.558. The van der Waals surface area contributed by atoms with E-state index in [9.17, 15) is 0 Å². The Hall–Kier alpha value is -1.81. The van der Waals surface area contributed by atoms with E-state index in [1.807, 2.05) is 11.7 Å². The Morgan fingerprint density at radius 3 is 2.76 bits per heavy atom. The minimum atomic E-state index is 0.558. The van der Waals surface area contributed by atoms with Gasteiger partial charge in [0, 0.05) is 18.7 Å². The Balaban J connectivity index is 2.18. The van der Waals surface area contributed by atoms with Gasteiger partial charge in [-0.2, -0.15) is 5.10 Å². The summed E-state index contributed by atoms with van der Waals surface area (Å²) in [5.41, 5.74) is 4.61. The fraction of sp³-hybridized carbons (Fsp3) is 0.471. The van der Waals surface area contributed by atoms with Crippen LogP contribution < -0.4 is 10.1 Å². The minimum Gasteiger partial charge on any atom is -0.487 e. The molecule has 0 unspecified atom stereocenters. The average Bonchev–Trinajstić information content (AvgIpc) is 2.89. The predicted molar refractivity (Wildman–Crippen MR) is 85.6 cm³/mol. The van der Waals surface area contributed by atoms with Crippen LogP contribution in [0.4, 0.5) is 0 Å². The first-order valence-electron chi connectivity index (χ1n) is 7.61. The molecule has 0 aliphatic heterocycles. The molecule has 0 atom stereocenters. The van der Waals surface area contributed by atoms with Crippen molar-refractivity contribution < 1.29 is 4.74 Å². The van der Waals surface area contributed by atoms with Gasteiger partial charge in [-0.15, -0.1) is 0 Å². The van der Waals surface area contributed by atoms with Crippen LogP contribution in [0.5, 0.6) is 5.75 Å². The number of benzene rings is 1. The molecule has 0 saturated heterocycles. The Morgan fingerprint density at radius 1 is 1.29 bits per heavy atom. The third-order valence-corrected chi connectivity index (χ3v) is 3.60. The maximum Gasteiger partial charge on any atom is 0.130 e. The largest absolute Gasteiger partial charge is 0.487 e. The highest BCUT2D eigenvalue weighted by molar-refractivity contribution is 5.40. The molecule has 0 aliphatic rings. The number of nitrogens with one attached hydrogen (secondary N) is 1. The van der Waals surface area contributed by atoms with Crippen LogP contribution in [0.25, 0.3) is 0 Å². The van der Waals surface area contributed by atoms with Crippen molar-refractivity contribution in [3.05, 3.63) is 46.8 Å². The van der Waals surface area contributed by atoms with E-state index in [0.717, 1.165) is 36.6 Å². The fourth-order valence-corrected chi connectivity index (χ4v) is 2.47.